The summed E-state index contributed by atoms with van der Waals surface area (Å²) >= 11 is 0. The third-order valence-corrected chi connectivity index (χ3v) is 5.08. The highest BCUT2D eigenvalue weighted by Crippen LogP contribution is 2.26. The minimum absolute atomic E-state index is 0.221. The predicted molar refractivity (Wildman–Crippen MR) is 109 cm³/mol. The molecule has 1 unspecified atom stereocenters. The standard InChI is InChI=1S/C23H21N3O2/c1-15-3-8-20-19(13-15)21(27)26-23(2,22(28)25-20)14-16-4-6-17(7-5-16)18-9-11-24-12-10-18/h3-13H,14H2,1-2H3,(H,25,28)(H,26,27). The summed E-state index contributed by atoms with van der Waals surface area (Å²) in [5, 5.41) is 5.82. The highest BCUT2D eigenvalue weighted by molar-refractivity contribution is 6.11. The molecule has 0 fully saturated rings. The molecule has 1 atom stereocenters. The number of hydrogen-bond acceptors (Lipinski definition) is 3. The van der Waals surface area contributed by atoms with Crippen LogP contribution in [0.1, 0.15) is 28.4 Å². The highest BCUT2D eigenvalue weighted by Gasteiger charge is 2.38. The summed E-state index contributed by atoms with van der Waals surface area (Å²) in [7, 11) is 0. The maximum Gasteiger partial charge on any atom is 0.254 e. The number of hydrogen-bond donors (Lipinski definition) is 2. The minimum Gasteiger partial charge on any atom is -0.337 e. The Hall–Kier alpha value is -3.47. The molecule has 140 valence electrons. The Kier molecular flexibility index (Phi) is 4.43. The van der Waals surface area contributed by atoms with Crippen molar-refractivity contribution in [2.75, 3.05) is 5.32 Å². The zero-order valence-electron chi connectivity index (χ0n) is 15.8. The molecule has 2 N–H and O–H groups in total. The van der Waals surface area contributed by atoms with E-state index in [4.69, 9.17) is 0 Å². The van der Waals surface area contributed by atoms with Crippen LogP contribution < -0.4 is 10.6 Å². The van der Waals surface area contributed by atoms with Gasteiger partial charge in [0.25, 0.3) is 5.91 Å². The van der Waals surface area contributed by atoms with E-state index in [9.17, 15) is 9.59 Å². The van der Waals surface area contributed by atoms with Gasteiger partial charge in [-0.3, -0.25) is 14.6 Å². The smallest absolute Gasteiger partial charge is 0.254 e. The highest BCUT2D eigenvalue weighted by atomic mass is 16.2. The molecule has 2 heterocycles. The van der Waals surface area contributed by atoms with Crippen molar-refractivity contribution in [2.45, 2.75) is 25.8 Å². The summed E-state index contributed by atoms with van der Waals surface area (Å²) in [6.45, 7) is 3.68. The summed E-state index contributed by atoms with van der Waals surface area (Å²) in [5.74, 6) is -0.463. The Balaban J connectivity index is 1.59. The van der Waals surface area contributed by atoms with Crippen LogP contribution in [0.4, 0.5) is 5.69 Å². The molecule has 0 saturated carbocycles. The Morgan fingerprint density at radius 3 is 2.32 bits per heavy atom. The monoisotopic (exact) mass is 371 g/mol. The van der Waals surface area contributed by atoms with Gasteiger partial charge in [0.05, 0.1) is 11.3 Å². The van der Waals surface area contributed by atoms with Crippen molar-refractivity contribution in [2.24, 2.45) is 0 Å². The van der Waals surface area contributed by atoms with Gasteiger partial charge in [-0.15, -0.1) is 0 Å². The van der Waals surface area contributed by atoms with E-state index in [1.807, 2.05) is 49.4 Å². The van der Waals surface area contributed by atoms with Crippen LogP contribution in [0, 0.1) is 6.92 Å². The number of aromatic nitrogens is 1. The van der Waals surface area contributed by atoms with Crippen LogP contribution >= 0.6 is 0 Å². The van der Waals surface area contributed by atoms with Crippen LogP contribution in [-0.2, 0) is 11.2 Å². The molecular weight excluding hydrogens is 350 g/mol. The first-order valence-electron chi connectivity index (χ1n) is 9.19. The molecular formula is C23H21N3O2. The van der Waals surface area contributed by atoms with E-state index in [0.29, 0.717) is 17.7 Å². The number of amides is 2. The van der Waals surface area contributed by atoms with Crippen molar-refractivity contribution >= 4 is 17.5 Å². The van der Waals surface area contributed by atoms with Crippen LogP contribution in [0.15, 0.2) is 67.0 Å². The van der Waals surface area contributed by atoms with Crippen molar-refractivity contribution in [1.29, 1.82) is 0 Å². The van der Waals surface area contributed by atoms with E-state index in [-0.39, 0.29) is 11.8 Å². The van der Waals surface area contributed by atoms with E-state index in [0.717, 1.165) is 22.3 Å². The normalized spacial score (nSPS) is 18.6. The van der Waals surface area contributed by atoms with Crippen LogP contribution in [0.2, 0.25) is 0 Å². The molecule has 0 radical (unpaired) electrons. The third-order valence-electron chi connectivity index (χ3n) is 5.08. The van der Waals surface area contributed by atoms with Gasteiger partial charge in [0.2, 0.25) is 5.91 Å². The lowest BCUT2D eigenvalue weighted by Crippen LogP contribution is -2.54. The molecule has 5 heteroatoms. The molecule has 2 aromatic carbocycles. The van der Waals surface area contributed by atoms with E-state index < -0.39 is 5.54 Å². The lowest BCUT2D eigenvalue weighted by molar-refractivity contribution is -0.121. The van der Waals surface area contributed by atoms with Crippen LogP contribution in [0.3, 0.4) is 0 Å². The Morgan fingerprint density at radius 2 is 1.61 bits per heavy atom. The number of benzene rings is 2. The van der Waals surface area contributed by atoms with Gasteiger partial charge in [0.1, 0.15) is 5.54 Å². The number of nitrogens with zero attached hydrogens (tertiary/aromatic N) is 1. The van der Waals surface area contributed by atoms with Crippen molar-refractivity contribution in [1.82, 2.24) is 10.3 Å². The molecule has 1 aromatic heterocycles. The van der Waals surface area contributed by atoms with Gasteiger partial charge in [-0.1, -0.05) is 35.9 Å². The van der Waals surface area contributed by atoms with Gasteiger partial charge >= 0.3 is 0 Å². The number of carbonyl (C=O) groups excluding carboxylic acids is 2. The van der Waals surface area contributed by atoms with Gasteiger partial charge in [0.15, 0.2) is 0 Å². The molecule has 1 aliphatic rings. The molecule has 5 nitrogen and oxygen atoms in total. The molecule has 0 aliphatic carbocycles. The zero-order chi connectivity index (χ0) is 19.7. The number of anilines is 1. The van der Waals surface area contributed by atoms with E-state index in [2.05, 4.69) is 15.6 Å². The van der Waals surface area contributed by atoms with Gasteiger partial charge in [-0.05, 0) is 54.8 Å². The van der Waals surface area contributed by atoms with Gasteiger partial charge in [0, 0.05) is 18.8 Å². The summed E-state index contributed by atoms with van der Waals surface area (Å²) < 4.78 is 0. The fraction of sp³-hybridized carbons (Fsp3) is 0.174. The van der Waals surface area contributed by atoms with E-state index in [1.165, 1.54) is 0 Å². The maximum absolute atomic E-state index is 12.9. The second kappa shape index (κ2) is 6.93. The molecule has 0 bridgehead atoms. The zero-order valence-corrected chi connectivity index (χ0v) is 15.8. The predicted octanol–water partition coefficient (Wildman–Crippen LogP) is 3.74. The number of rotatable bonds is 3. The Bertz CT molecular complexity index is 1050. The third kappa shape index (κ3) is 3.39. The van der Waals surface area contributed by atoms with Crippen molar-refractivity contribution < 1.29 is 9.59 Å². The Labute approximate surface area is 163 Å². The largest absolute Gasteiger partial charge is 0.337 e. The average Bonchev–Trinajstić information content (AvgIpc) is 2.78. The molecule has 3 aromatic rings. The summed E-state index contributed by atoms with van der Waals surface area (Å²) in [6.07, 6.45) is 3.91. The quantitative estimate of drug-likeness (QED) is 0.737. The number of fused-ring (bicyclic) bond motifs is 1. The lowest BCUT2D eigenvalue weighted by Gasteiger charge is -2.27. The van der Waals surface area contributed by atoms with Crippen LogP contribution in [0.5, 0.6) is 0 Å². The first-order valence-corrected chi connectivity index (χ1v) is 9.19. The fourth-order valence-corrected chi connectivity index (χ4v) is 3.48. The first kappa shape index (κ1) is 17.9. The number of nitrogens with one attached hydrogen (secondary N) is 2. The van der Waals surface area contributed by atoms with E-state index in [1.54, 1.807) is 31.5 Å². The fourth-order valence-electron chi connectivity index (χ4n) is 3.48. The summed E-state index contributed by atoms with van der Waals surface area (Å²) in [5.41, 5.74) is 4.10. The second-order valence-corrected chi connectivity index (χ2v) is 7.40. The summed E-state index contributed by atoms with van der Waals surface area (Å²) in [4.78, 5) is 29.7. The topological polar surface area (TPSA) is 71.1 Å². The minimum atomic E-state index is -1.04. The molecule has 0 saturated heterocycles. The molecule has 0 spiro atoms. The van der Waals surface area contributed by atoms with Crippen molar-refractivity contribution in [3.05, 3.63) is 83.7 Å². The van der Waals surface area contributed by atoms with Crippen LogP contribution in [0.25, 0.3) is 11.1 Å². The van der Waals surface area contributed by atoms with Crippen molar-refractivity contribution in [3.8, 4) is 11.1 Å². The number of pyridine rings is 1. The SMILES string of the molecule is Cc1ccc2c(c1)C(=O)NC(C)(Cc1ccc(-c3ccncc3)cc1)C(=O)N2. The average molecular weight is 371 g/mol. The molecule has 2 amide bonds. The van der Waals surface area contributed by atoms with Gasteiger partial charge < -0.3 is 10.6 Å². The molecule has 28 heavy (non-hydrogen) atoms. The maximum atomic E-state index is 12.9. The summed E-state index contributed by atoms with van der Waals surface area (Å²) in [6, 6.07) is 17.4. The number of aryl methyl sites for hydroxylation is 1. The van der Waals surface area contributed by atoms with Crippen molar-refractivity contribution in [3.63, 3.8) is 0 Å². The van der Waals surface area contributed by atoms with Gasteiger partial charge in [-0.2, -0.15) is 0 Å². The number of carbonyl (C=O) groups is 2. The van der Waals surface area contributed by atoms with Crippen LogP contribution in [-0.4, -0.2) is 22.3 Å². The van der Waals surface area contributed by atoms with E-state index >= 15 is 0 Å². The molecule has 1 aliphatic heterocycles. The molecule has 4 rings (SSSR count). The first-order chi connectivity index (χ1) is 13.4. The Morgan fingerprint density at radius 1 is 0.929 bits per heavy atom. The second-order valence-electron chi connectivity index (χ2n) is 7.40. The van der Waals surface area contributed by atoms with Gasteiger partial charge in [-0.25, -0.2) is 0 Å². The lowest BCUT2D eigenvalue weighted by atomic mass is 9.91.